The molecule has 2 aliphatic rings. The van der Waals surface area contributed by atoms with Crippen molar-refractivity contribution in [2.45, 2.75) is 52.4 Å². The first-order valence-corrected chi connectivity index (χ1v) is 11.5. The van der Waals surface area contributed by atoms with Gasteiger partial charge in [-0.2, -0.15) is 0 Å². The number of nitrogens with one attached hydrogen (secondary N) is 1. The minimum Gasteiger partial charge on any atom is -0.489 e. The van der Waals surface area contributed by atoms with Crippen LogP contribution in [0.3, 0.4) is 0 Å². The number of halogens is 1. The van der Waals surface area contributed by atoms with Crippen molar-refractivity contribution in [1.82, 2.24) is 5.48 Å². The molecule has 0 spiro atoms. The van der Waals surface area contributed by atoms with Crippen LogP contribution in [0.1, 0.15) is 56.5 Å². The van der Waals surface area contributed by atoms with E-state index in [0.717, 1.165) is 30.4 Å². The summed E-state index contributed by atoms with van der Waals surface area (Å²) in [7, 11) is 0. The van der Waals surface area contributed by atoms with E-state index in [-0.39, 0.29) is 18.0 Å². The fourth-order valence-corrected chi connectivity index (χ4v) is 4.29. The molecule has 1 atom stereocenters. The maximum absolute atomic E-state index is 11.8. The van der Waals surface area contributed by atoms with Gasteiger partial charge in [0.25, 0.3) is 0 Å². The molecule has 1 heterocycles. The highest BCUT2D eigenvalue weighted by atomic mass is 35.5. The highest BCUT2D eigenvalue weighted by Gasteiger charge is 2.35. The molecule has 0 aromatic heterocycles. The molecule has 4 rings (SSSR count). The van der Waals surface area contributed by atoms with Crippen molar-refractivity contribution in [3.63, 3.8) is 0 Å². The van der Waals surface area contributed by atoms with E-state index in [2.05, 4.69) is 22.6 Å². The molecule has 32 heavy (non-hydrogen) atoms. The number of aliphatic imine (C=N–C) groups is 1. The predicted octanol–water partition coefficient (Wildman–Crippen LogP) is 5.24. The highest BCUT2D eigenvalue weighted by Crippen LogP contribution is 2.37. The molecule has 0 saturated heterocycles. The molecule has 2 aromatic rings. The molecule has 170 valence electrons. The monoisotopic (exact) mass is 456 g/mol. The van der Waals surface area contributed by atoms with Crippen molar-refractivity contribution in [2.75, 3.05) is 6.61 Å². The number of amidine groups is 1. The number of carbonyl (C=O) groups is 1. The van der Waals surface area contributed by atoms with Crippen LogP contribution in [-0.4, -0.2) is 24.5 Å². The Morgan fingerprint density at radius 1 is 1.22 bits per heavy atom. The second kappa shape index (κ2) is 9.92. The van der Waals surface area contributed by atoms with Gasteiger partial charge in [-0.25, -0.2) is 15.3 Å². The van der Waals surface area contributed by atoms with Crippen LogP contribution in [-0.2, 0) is 20.8 Å². The second-order valence-corrected chi connectivity index (χ2v) is 9.00. The topological polar surface area (TPSA) is 69.2 Å². The molecular weight excluding hydrogens is 428 g/mol. The van der Waals surface area contributed by atoms with Gasteiger partial charge in [0.2, 0.25) is 6.23 Å². The third-order valence-electron chi connectivity index (χ3n) is 5.73. The number of rotatable bonds is 8. The van der Waals surface area contributed by atoms with Gasteiger partial charge in [-0.1, -0.05) is 35.9 Å². The van der Waals surface area contributed by atoms with Gasteiger partial charge in [0.15, 0.2) is 5.84 Å². The summed E-state index contributed by atoms with van der Waals surface area (Å²) >= 11 is 6.35. The van der Waals surface area contributed by atoms with Gasteiger partial charge in [0.1, 0.15) is 5.75 Å². The number of hydrogen-bond acceptors (Lipinski definition) is 6. The van der Waals surface area contributed by atoms with Crippen LogP contribution in [0.5, 0.6) is 5.75 Å². The Morgan fingerprint density at radius 3 is 2.62 bits per heavy atom. The van der Waals surface area contributed by atoms with Gasteiger partial charge in [-0.3, -0.25) is 4.79 Å². The quantitative estimate of drug-likeness (QED) is 0.550. The molecular formula is C25H29ClN2O4. The lowest BCUT2D eigenvalue weighted by molar-refractivity contribution is -0.152. The Kier molecular flexibility index (Phi) is 7.01. The maximum Gasteiger partial charge on any atom is 0.308 e. The number of hydroxylamine groups is 1. The fourth-order valence-electron chi connectivity index (χ4n) is 4.06. The van der Waals surface area contributed by atoms with E-state index in [0.29, 0.717) is 29.1 Å². The van der Waals surface area contributed by atoms with Crippen molar-refractivity contribution in [1.29, 1.82) is 0 Å². The first-order valence-electron chi connectivity index (χ1n) is 11.1. The van der Waals surface area contributed by atoms with Gasteiger partial charge >= 0.3 is 5.97 Å². The van der Waals surface area contributed by atoms with Gasteiger partial charge in [0.05, 0.1) is 23.7 Å². The minimum atomic E-state index is -0.415. The maximum atomic E-state index is 11.8. The lowest BCUT2D eigenvalue weighted by Crippen LogP contribution is -2.33. The molecule has 6 nitrogen and oxygen atoms in total. The van der Waals surface area contributed by atoms with E-state index in [9.17, 15) is 4.79 Å². The Hall–Kier alpha value is -2.57. The Bertz CT molecular complexity index is 984. The summed E-state index contributed by atoms with van der Waals surface area (Å²) in [6.07, 6.45) is 2.43. The van der Waals surface area contributed by atoms with E-state index in [1.165, 1.54) is 5.56 Å². The minimum absolute atomic E-state index is 0.0537. The van der Waals surface area contributed by atoms with E-state index in [4.69, 9.17) is 25.9 Å². The lowest BCUT2D eigenvalue weighted by atomic mass is 9.72. The van der Waals surface area contributed by atoms with Crippen molar-refractivity contribution < 1.29 is 19.1 Å². The van der Waals surface area contributed by atoms with Crippen molar-refractivity contribution >= 4 is 23.4 Å². The zero-order valence-corrected chi connectivity index (χ0v) is 19.4. The Balaban J connectivity index is 1.34. The molecule has 1 aliphatic carbocycles. The second-order valence-electron chi connectivity index (χ2n) is 8.59. The number of carbonyl (C=O) groups excluding carboxylic acids is 1. The molecule has 1 saturated carbocycles. The summed E-state index contributed by atoms with van der Waals surface area (Å²) in [5.41, 5.74) is 5.97. The molecule has 1 unspecified atom stereocenters. The summed E-state index contributed by atoms with van der Waals surface area (Å²) in [6.45, 7) is 6.22. The van der Waals surface area contributed by atoms with E-state index < -0.39 is 6.23 Å². The van der Waals surface area contributed by atoms with Crippen molar-refractivity contribution in [3.8, 4) is 5.75 Å². The summed E-state index contributed by atoms with van der Waals surface area (Å²) < 4.78 is 10.8. The zero-order chi connectivity index (χ0) is 22.7. The average Bonchev–Trinajstić information content (AvgIpc) is 3.22. The molecule has 0 radical (unpaired) electrons. The molecule has 1 aliphatic heterocycles. The molecule has 2 aromatic carbocycles. The summed E-state index contributed by atoms with van der Waals surface area (Å²) in [5, 5.41) is 0.537. The zero-order valence-electron chi connectivity index (χ0n) is 18.6. The Labute approximate surface area is 193 Å². The predicted molar refractivity (Wildman–Crippen MR) is 124 cm³/mol. The molecule has 0 amide bonds. The molecule has 7 heteroatoms. The Morgan fingerprint density at radius 2 is 1.97 bits per heavy atom. The van der Waals surface area contributed by atoms with Crippen LogP contribution < -0.4 is 10.2 Å². The number of esters is 1. The van der Waals surface area contributed by atoms with E-state index >= 15 is 0 Å². The van der Waals surface area contributed by atoms with Gasteiger partial charge in [0, 0.05) is 11.1 Å². The molecule has 0 bridgehead atoms. The van der Waals surface area contributed by atoms with Crippen LogP contribution >= 0.6 is 11.6 Å². The summed E-state index contributed by atoms with van der Waals surface area (Å²) in [5.74, 6) is 1.84. The highest BCUT2D eigenvalue weighted by molar-refractivity contribution is 6.32. The van der Waals surface area contributed by atoms with Gasteiger partial charge < -0.3 is 9.47 Å². The molecule has 1 N–H and O–H groups in total. The largest absolute Gasteiger partial charge is 0.489 e. The molecule has 1 fully saturated rings. The van der Waals surface area contributed by atoms with Crippen LogP contribution in [0.15, 0.2) is 47.5 Å². The van der Waals surface area contributed by atoms with Crippen LogP contribution in [0.2, 0.25) is 5.02 Å². The van der Waals surface area contributed by atoms with E-state index in [1.807, 2.05) is 51.1 Å². The average molecular weight is 457 g/mol. The fraction of sp³-hybridized carbons (Fsp3) is 0.440. The van der Waals surface area contributed by atoms with E-state index in [1.54, 1.807) is 0 Å². The van der Waals surface area contributed by atoms with Crippen LogP contribution in [0, 0.1) is 11.8 Å². The van der Waals surface area contributed by atoms with Crippen LogP contribution in [0.4, 0.5) is 0 Å². The first-order chi connectivity index (χ1) is 15.4. The number of hydrogen-bond donors (Lipinski definition) is 1. The van der Waals surface area contributed by atoms with Crippen molar-refractivity contribution in [3.05, 3.63) is 64.2 Å². The van der Waals surface area contributed by atoms with Gasteiger partial charge in [-0.05, 0) is 69.7 Å². The summed E-state index contributed by atoms with van der Waals surface area (Å²) in [4.78, 5) is 22.1. The summed E-state index contributed by atoms with van der Waals surface area (Å²) in [6, 6.07) is 13.9. The third-order valence-corrected chi connectivity index (χ3v) is 6.02. The number of ether oxygens (including phenoxy) is 2. The third kappa shape index (κ3) is 5.25. The lowest BCUT2D eigenvalue weighted by Gasteiger charge is -2.33. The van der Waals surface area contributed by atoms with Gasteiger partial charge in [-0.15, -0.1) is 0 Å². The van der Waals surface area contributed by atoms with Crippen LogP contribution in [0.25, 0.3) is 0 Å². The standard InChI is InChI=1S/C25H29ClN2O4/c1-4-30-25(29)20-12-17(13-20)11-16-5-7-18(8-6-16)24-27-23(28-32-24)19-9-10-22(21(26)14-19)31-15(2)3/h5-10,14-15,17,20,24H,4,11-13H2,1-3H3,(H,27,28). The normalized spacial score (nSPS) is 22.2. The number of benzene rings is 2. The first kappa shape index (κ1) is 22.6. The van der Waals surface area contributed by atoms with Crippen molar-refractivity contribution in [2.24, 2.45) is 16.8 Å². The smallest absolute Gasteiger partial charge is 0.308 e. The number of nitrogens with zero attached hydrogens (tertiary/aromatic N) is 1. The SMILES string of the molecule is CCOC(=O)C1CC(Cc2ccc(C3N=C(c4ccc(OC(C)C)c(Cl)c4)NO3)cc2)C1.